The van der Waals surface area contributed by atoms with Gasteiger partial charge >= 0.3 is 0 Å². The first-order valence-corrected chi connectivity index (χ1v) is 8.44. The second-order valence-electron chi connectivity index (χ2n) is 7.12. The Morgan fingerprint density at radius 2 is 2.23 bits per heavy atom. The van der Waals surface area contributed by atoms with Gasteiger partial charge in [-0.15, -0.1) is 0 Å². The Balaban J connectivity index is 1.64. The van der Waals surface area contributed by atoms with Crippen molar-refractivity contribution in [1.82, 2.24) is 15.1 Å². The largest absolute Gasteiger partial charge is 0.353 e. The molecule has 2 rings (SSSR count). The average molecular weight is 309 g/mol. The topological polar surface area (TPSA) is 48.3 Å². The lowest BCUT2D eigenvalue weighted by Gasteiger charge is -2.22. The van der Waals surface area contributed by atoms with Gasteiger partial charge in [0.25, 0.3) is 0 Å². The molecule has 2 heterocycles. The summed E-state index contributed by atoms with van der Waals surface area (Å²) in [4.78, 5) is 0. The molecule has 126 valence electrons. The molecule has 1 unspecified atom stereocenters. The maximum absolute atomic E-state index is 5.74. The van der Waals surface area contributed by atoms with E-state index in [0.717, 1.165) is 39.1 Å². The highest BCUT2D eigenvalue weighted by Gasteiger charge is 2.21. The van der Waals surface area contributed by atoms with Gasteiger partial charge in [-0.3, -0.25) is 4.68 Å². The summed E-state index contributed by atoms with van der Waals surface area (Å²) in [7, 11) is 1.98. The number of aromatic nitrogens is 2. The minimum absolute atomic E-state index is 0.0274. The molecule has 1 saturated heterocycles. The first kappa shape index (κ1) is 17.4. The third-order valence-electron chi connectivity index (χ3n) is 3.87. The monoisotopic (exact) mass is 309 g/mol. The number of ether oxygens (including phenoxy) is 2. The molecule has 0 bridgehead atoms. The molecule has 0 amide bonds. The van der Waals surface area contributed by atoms with Gasteiger partial charge in [0, 0.05) is 37.4 Å². The van der Waals surface area contributed by atoms with Crippen LogP contribution in [0.3, 0.4) is 0 Å². The smallest absolute Gasteiger partial charge is 0.157 e. The van der Waals surface area contributed by atoms with E-state index in [1.807, 2.05) is 11.7 Å². The highest BCUT2D eigenvalue weighted by molar-refractivity contribution is 5.23. The summed E-state index contributed by atoms with van der Waals surface area (Å²) in [5, 5.41) is 8.08. The fourth-order valence-corrected chi connectivity index (χ4v) is 2.78. The number of nitrogens with one attached hydrogen (secondary N) is 1. The molecular weight excluding hydrogens is 278 g/mol. The lowest BCUT2D eigenvalue weighted by molar-refractivity contribution is -0.162. The quantitative estimate of drug-likeness (QED) is 0.787. The second-order valence-corrected chi connectivity index (χ2v) is 7.12. The van der Waals surface area contributed by atoms with Gasteiger partial charge in [0.2, 0.25) is 0 Å². The molecule has 5 nitrogen and oxygen atoms in total. The van der Waals surface area contributed by atoms with Gasteiger partial charge < -0.3 is 14.8 Å². The summed E-state index contributed by atoms with van der Waals surface area (Å²) in [6.45, 7) is 10.0. The normalized spacial score (nSPS) is 19.5. The van der Waals surface area contributed by atoms with E-state index >= 15 is 0 Å². The third kappa shape index (κ3) is 5.38. The van der Waals surface area contributed by atoms with Crippen LogP contribution in [-0.2, 0) is 28.5 Å². The fraction of sp³-hybridized carbons (Fsp3) is 0.824. The Kier molecular flexibility index (Phi) is 6.41. The van der Waals surface area contributed by atoms with Gasteiger partial charge in [-0.1, -0.05) is 20.8 Å². The van der Waals surface area contributed by atoms with Crippen molar-refractivity contribution < 1.29 is 9.47 Å². The zero-order chi connectivity index (χ0) is 16.0. The second kappa shape index (κ2) is 8.09. The van der Waals surface area contributed by atoms with Crippen LogP contribution in [0.25, 0.3) is 0 Å². The first-order valence-electron chi connectivity index (χ1n) is 8.44. The Morgan fingerprint density at radius 3 is 2.91 bits per heavy atom. The van der Waals surface area contributed by atoms with Gasteiger partial charge in [0.05, 0.1) is 12.3 Å². The minimum atomic E-state index is 0.0274. The average Bonchev–Trinajstić information content (AvgIpc) is 2.85. The van der Waals surface area contributed by atoms with Gasteiger partial charge in [-0.2, -0.15) is 5.10 Å². The number of rotatable bonds is 7. The van der Waals surface area contributed by atoms with Crippen molar-refractivity contribution in [3.8, 4) is 0 Å². The molecule has 0 aromatic carbocycles. The predicted octanol–water partition coefficient (Wildman–Crippen LogP) is 2.74. The highest BCUT2D eigenvalue weighted by atomic mass is 16.7. The van der Waals surface area contributed by atoms with Crippen molar-refractivity contribution >= 4 is 0 Å². The van der Waals surface area contributed by atoms with E-state index in [2.05, 4.69) is 37.4 Å². The minimum Gasteiger partial charge on any atom is -0.353 e. The van der Waals surface area contributed by atoms with Crippen molar-refractivity contribution in [2.75, 3.05) is 19.8 Å². The van der Waals surface area contributed by atoms with E-state index in [1.54, 1.807) is 0 Å². The third-order valence-corrected chi connectivity index (χ3v) is 3.87. The number of nitrogens with zero attached hydrogens (tertiary/aromatic N) is 2. The summed E-state index contributed by atoms with van der Waals surface area (Å²) >= 11 is 0. The van der Waals surface area contributed by atoms with Crippen molar-refractivity contribution in [1.29, 1.82) is 0 Å². The Bertz CT molecular complexity index is 445. The summed E-state index contributed by atoms with van der Waals surface area (Å²) in [6, 6.07) is 0. The van der Waals surface area contributed by atoms with Crippen LogP contribution < -0.4 is 5.32 Å². The van der Waals surface area contributed by atoms with Crippen LogP contribution in [0.5, 0.6) is 0 Å². The lowest BCUT2D eigenvalue weighted by atomic mass is 9.89. The highest BCUT2D eigenvalue weighted by Crippen LogP contribution is 2.23. The number of hydrogen-bond acceptors (Lipinski definition) is 4. The Labute approximate surface area is 134 Å². The molecule has 1 aromatic heterocycles. The SMILES string of the molecule is Cn1cc(CNCCCOC2CCCCO2)c(C(C)(C)C)n1. The molecule has 5 heteroatoms. The first-order chi connectivity index (χ1) is 10.5. The van der Waals surface area contributed by atoms with E-state index in [0.29, 0.717) is 0 Å². The summed E-state index contributed by atoms with van der Waals surface area (Å²) < 4.78 is 13.2. The summed E-state index contributed by atoms with van der Waals surface area (Å²) in [5.41, 5.74) is 2.54. The number of aryl methyl sites for hydroxylation is 1. The van der Waals surface area contributed by atoms with Crippen LogP contribution in [0.2, 0.25) is 0 Å². The predicted molar refractivity (Wildman–Crippen MR) is 87.8 cm³/mol. The number of hydrogen-bond donors (Lipinski definition) is 1. The lowest BCUT2D eigenvalue weighted by Crippen LogP contribution is -2.24. The molecule has 0 saturated carbocycles. The van der Waals surface area contributed by atoms with Crippen molar-refractivity contribution in [2.45, 2.75) is 64.7 Å². The van der Waals surface area contributed by atoms with Crippen molar-refractivity contribution in [2.24, 2.45) is 7.05 Å². The maximum atomic E-state index is 5.74. The molecule has 1 aliphatic heterocycles. The standard InChI is InChI=1S/C17H31N3O2/c1-17(2,3)16-14(13-20(4)19-16)12-18-9-7-11-22-15-8-5-6-10-21-15/h13,15,18H,5-12H2,1-4H3. The van der Waals surface area contributed by atoms with Crippen molar-refractivity contribution in [3.63, 3.8) is 0 Å². The Morgan fingerprint density at radius 1 is 1.41 bits per heavy atom. The van der Waals surface area contributed by atoms with Crippen molar-refractivity contribution in [3.05, 3.63) is 17.5 Å². The van der Waals surface area contributed by atoms with Gasteiger partial charge in [-0.25, -0.2) is 0 Å². The molecule has 1 atom stereocenters. The van der Waals surface area contributed by atoms with E-state index in [4.69, 9.17) is 9.47 Å². The van der Waals surface area contributed by atoms with Crippen LogP contribution in [0, 0.1) is 0 Å². The Hall–Kier alpha value is -0.910. The van der Waals surface area contributed by atoms with Crippen LogP contribution in [0.15, 0.2) is 6.20 Å². The van der Waals surface area contributed by atoms with E-state index in [9.17, 15) is 0 Å². The molecule has 1 N–H and O–H groups in total. The van der Waals surface area contributed by atoms with E-state index in [1.165, 1.54) is 24.1 Å². The summed E-state index contributed by atoms with van der Waals surface area (Å²) in [6.07, 6.45) is 6.57. The van der Waals surface area contributed by atoms with Crippen LogP contribution in [-0.4, -0.2) is 35.8 Å². The molecule has 1 aromatic rings. The van der Waals surface area contributed by atoms with Crippen LogP contribution >= 0.6 is 0 Å². The van der Waals surface area contributed by atoms with Crippen LogP contribution in [0.1, 0.15) is 57.7 Å². The maximum Gasteiger partial charge on any atom is 0.157 e. The van der Waals surface area contributed by atoms with Crippen LogP contribution in [0.4, 0.5) is 0 Å². The summed E-state index contributed by atoms with van der Waals surface area (Å²) in [5.74, 6) is 0. The van der Waals surface area contributed by atoms with Gasteiger partial charge in [-0.05, 0) is 32.2 Å². The zero-order valence-corrected chi connectivity index (χ0v) is 14.5. The molecule has 1 aliphatic rings. The molecule has 0 aliphatic carbocycles. The molecular formula is C17H31N3O2. The fourth-order valence-electron chi connectivity index (χ4n) is 2.78. The van der Waals surface area contributed by atoms with E-state index in [-0.39, 0.29) is 11.7 Å². The molecule has 22 heavy (non-hydrogen) atoms. The zero-order valence-electron chi connectivity index (χ0n) is 14.5. The molecule has 0 spiro atoms. The molecule has 0 radical (unpaired) electrons. The molecule has 1 fully saturated rings. The van der Waals surface area contributed by atoms with Gasteiger partial charge in [0.1, 0.15) is 0 Å². The van der Waals surface area contributed by atoms with E-state index < -0.39 is 0 Å². The van der Waals surface area contributed by atoms with Gasteiger partial charge in [0.15, 0.2) is 6.29 Å².